The molecule has 1 N–H and O–H groups in total. The van der Waals surface area contributed by atoms with Crippen molar-refractivity contribution in [3.63, 3.8) is 0 Å². The Balaban J connectivity index is 1.99. The van der Waals surface area contributed by atoms with Crippen molar-refractivity contribution in [1.82, 2.24) is 0 Å². The Morgan fingerprint density at radius 3 is 2.62 bits per heavy atom. The van der Waals surface area contributed by atoms with Crippen LogP contribution in [0.1, 0.15) is 18.1 Å². The van der Waals surface area contributed by atoms with Gasteiger partial charge in [0.05, 0.1) is 18.5 Å². The molecule has 0 aromatic heterocycles. The molecule has 2 aromatic carbocycles. The van der Waals surface area contributed by atoms with Crippen LogP contribution in [0.4, 0.5) is 10.5 Å². The second-order valence-electron chi connectivity index (χ2n) is 5.35. The quantitative estimate of drug-likeness (QED) is 0.331. The normalized spacial score (nSPS) is 10.8. The molecule has 2 rings (SSSR count). The van der Waals surface area contributed by atoms with Crippen molar-refractivity contribution in [2.24, 2.45) is 5.16 Å². The highest BCUT2D eigenvalue weighted by Gasteiger charge is 2.07. The first-order chi connectivity index (χ1) is 12.6. The van der Waals surface area contributed by atoms with E-state index >= 15 is 0 Å². The molecule has 0 aliphatic heterocycles. The fourth-order valence-electron chi connectivity index (χ4n) is 2.12. The lowest BCUT2D eigenvalue weighted by atomic mass is 10.1. The van der Waals surface area contributed by atoms with E-state index in [1.165, 1.54) is 7.11 Å². The SMILES string of the molecule is C=CCON=C(C)c1ccc(OCc2ccccc2NC(=O)OC)cc1. The highest BCUT2D eigenvalue weighted by Crippen LogP contribution is 2.19. The van der Waals surface area contributed by atoms with E-state index in [0.717, 1.165) is 16.8 Å². The third kappa shape index (κ3) is 5.66. The second kappa shape index (κ2) is 9.88. The third-order valence-electron chi connectivity index (χ3n) is 3.50. The number of anilines is 1. The summed E-state index contributed by atoms with van der Waals surface area (Å²) in [6.07, 6.45) is 1.12. The smallest absolute Gasteiger partial charge is 0.411 e. The van der Waals surface area contributed by atoms with E-state index < -0.39 is 6.09 Å². The Kier molecular flexibility index (Phi) is 7.24. The zero-order chi connectivity index (χ0) is 18.8. The van der Waals surface area contributed by atoms with Gasteiger partial charge in [-0.3, -0.25) is 5.32 Å². The van der Waals surface area contributed by atoms with Crippen LogP contribution >= 0.6 is 0 Å². The van der Waals surface area contributed by atoms with Crippen LogP contribution in [0.2, 0.25) is 0 Å². The second-order valence-corrected chi connectivity index (χ2v) is 5.35. The predicted octanol–water partition coefficient (Wildman–Crippen LogP) is 4.37. The minimum Gasteiger partial charge on any atom is -0.489 e. The molecule has 0 radical (unpaired) electrons. The molecule has 26 heavy (non-hydrogen) atoms. The first-order valence-corrected chi connectivity index (χ1v) is 8.07. The van der Waals surface area contributed by atoms with Crippen LogP contribution in [0.3, 0.4) is 0 Å². The summed E-state index contributed by atoms with van der Waals surface area (Å²) in [4.78, 5) is 16.5. The molecule has 6 heteroatoms. The standard InChI is InChI=1S/C20H22N2O4/c1-4-13-26-22-15(2)16-9-11-18(12-10-16)25-14-17-7-5-6-8-19(17)21-20(23)24-3/h4-12H,1,13-14H2,2-3H3,(H,21,23). The Morgan fingerprint density at radius 1 is 1.19 bits per heavy atom. The molecule has 136 valence electrons. The van der Waals surface area contributed by atoms with Gasteiger partial charge in [-0.25, -0.2) is 4.79 Å². The van der Waals surface area contributed by atoms with E-state index in [-0.39, 0.29) is 0 Å². The average Bonchev–Trinajstić information content (AvgIpc) is 2.67. The zero-order valence-corrected chi connectivity index (χ0v) is 14.9. The topological polar surface area (TPSA) is 69.2 Å². The number of amides is 1. The van der Waals surface area contributed by atoms with Crippen LogP contribution in [0.25, 0.3) is 0 Å². The number of rotatable bonds is 8. The number of ether oxygens (including phenoxy) is 2. The highest BCUT2D eigenvalue weighted by atomic mass is 16.6. The first-order valence-electron chi connectivity index (χ1n) is 8.07. The van der Waals surface area contributed by atoms with E-state index in [0.29, 0.717) is 24.7 Å². The molecule has 0 atom stereocenters. The van der Waals surface area contributed by atoms with Gasteiger partial charge in [0.2, 0.25) is 0 Å². The number of carbonyl (C=O) groups excluding carboxylic acids is 1. The third-order valence-corrected chi connectivity index (χ3v) is 3.50. The number of oxime groups is 1. The van der Waals surface area contributed by atoms with Crippen molar-refractivity contribution in [3.8, 4) is 5.75 Å². The van der Waals surface area contributed by atoms with E-state index in [1.54, 1.807) is 12.1 Å². The molecule has 0 spiro atoms. The highest BCUT2D eigenvalue weighted by molar-refractivity contribution is 5.98. The summed E-state index contributed by atoms with van der Waals surface area (Å²) in [5.41, 5.74) is 3.20. The minimum atomic E-state index is -0.518. The Bertz CT molecular complexity index is 770. The number of benzene rings is 2. The molecule has 0 saturated carbocycles. The van der Waals surface area contributed by atoms with Gasteiger partial charge in [-0.2, -0.15) is 0 Å². The van der Waals surface area contributed by atoms with Gasteiger partial charge in [0.1, 0.15) is 19.0 Å². The fraction of sp³-hybridized carbons (Fsp3) is 0.200. The molecule has 6 nitrogen and oxygen atoms in total. The van der Waals surface area contributed by atoms with Gasteiger partial charge in [-0.15, -0.1) is 0 Å². The summed E-state index contributed by atoms with van der Waals surface area (Å²) in [6.45, 7) is 6.13. The largest absolute Gasteiger partial charge is 0.489 e. The van der Waals surface area contributed by atoms with Gasteiger partial charge < -0.3 is 14.3 Å². The fourth-order valence-corrected chi connectivity index (χ4v) is 2.12. The van der Waals surface area contributed by atoms with Crippen molar-refractivity contribution < 1.29 is 19.1 Å². The summed E-state index contributed by atoms with van der Waals surface area (Å²) in [6, 6.07) is 14.9. The Morgan fingerprint density at radius 2 is 1.92 bits per heavy atom. The average molecular weight is 354 g/mol. The predicted molar refractivity (Wildman–Crippen MR) is 102 cm³/mol. The van der Waals surface area contributed by atoms with Crippen LogP contribution in [-0.2, 0) is 16.2 Å². The summed E-state index contributed by atoms with van der Waals surface area (Å²) in [5, 5.41) is 6.67. The Hall–Kier alpha value is -3.28. The van der Waals surface area contributed by atoms with Crippen molar-refractivity contribution in [1.29, 1.82) is 0 Å². The van der Waals surface area contributed by atoms with Gasteiger partial charge in [0, 0.05) is 5.56 Å². The van der Waals surface area contributed by atoms with Crippen LogP contribution < -0.4 is 10.1 Å². The van der Waals surface area contributed by atoms with Gasteiger partial charge >= 0.3 is 6.09 Å². The lowest BCUT2D eigenvalue weighted by molar-refractivity contribution is 0.175. The van der Waals surface area contributed by atoms with Crippen LogP contribution in [0, 0.1) is 0 Å². The van der Waals surface area contributed by atoms with E-state index in [2.05, 4.69) is 21.8 Å². The number of carbonyl (C=O) groups is 1. The molecular formula is C20H22N2O4. The molecular weight excluding hydrogens is 332 g/mol. The number of nitrogens with one attached hydrogen (secondary N) is 1. The maximum Gasteiger partial charge on any atom is 0.411 e. The summed E-state index contributed by atoms with van der Waals surface area (Å²) >= 11 is 0. The maximum atomic E-state index is 11.4. The van der Waals surface area contributed by atoms with Gasteiger partial charge in [0.15, 0.2) is 0 Å². The summed E-state index contributed by atoms with van der Waals surface area (Å²) in [7, 11) is 1.32. The number of nitrogens with zero attached hydrogens (tertiary/aromatic N) is 1. The minimum absolute atomic E-state index is 0.315. The van der Waals surface area contributed by atoms with Gasteiger partial charge in [-0.1, -0.05) is 36.0 Å². The van der Waals surface area contributed by atoms with Gasteiger partial charge in [0.25, 0.3) is 0 Å². The Labute approximate surface area is 153 Å². The molecule has 0 heterocycles. The van der Waals surface area contributed by atoms with Crippen molar-refractivity contribution >= 4 is 17.5 Å². The van der Waals surface area contributed by atoms with Crippen molar-refractivity contribution in [2.75, 3.05) is 19.0 Å². The monoisotopic (exact) mass is 354 g/mol. The lowest BCUT2D eigenvalue weighted by Gasteiger charge is -2.12. The summed E-state index contributed by atoms with van der Waals surface area (Å²) < 4.78 is 10.4. The van der Waals surface area contributed by atoms with Crippen molar-refractivity contribution in [2.45, 2.75) is 13.5 Å². The van der Waals surface area contributed by atoms with Crippen LogP contribution in [-0.4, -0.2) is 25.5 Å². The number of para-hydroxylation sites is 1. The van der Waals surface area contributed by atoms with Gasteiger partial charge in [-0.05, 0) is 42.8 Å². The lowest BCUT2D eigenvalue weighted by Crippen LogP contribution is -2.13. The van der Waals surface area contributed by atoms with Crippen molar-refractivity contribution in [3.05, 3.63) is 72.3 Å². The van der Waals surface area contributed by atoms with E-state index in [1.807, 2.05) is 49.4 Å². The molecule has 0 fully saturated rings. The molecule has 2 aromatic rings. The van der Waals surface area contributed by atoms with E-state index in [4.69, 9.17) is 9.57 Å². The number of hydrogen-bond donors (Lipinski definition) is 1. The molecule has 0 aliphatic carbocycles. The molecule has 1 amide bonds. The zero-order valence-electron chi connectivity index (χ0n) is 14.9. The molecule has 0 saturated heterocycles. The van der Waals surface area contributed by atoms with E-state index in [9.17, 15) is 4.79 Å². The first kappa shape index (κ1) is 19.1. The van der Waals surface area contributed by atoms with Crippen LogP contribution in [0.5, 0.6) is 5.75 Å². The maximum absolute atomic E-state index is 11.4. The number of hydrogen-bond acceptors (Lipinski definition) is 5. The summed E-state index contributed by atoms with van der Waals surface area (Å²) in [5.74, 6) is 0.710. The van der Waals surface area contributed by atoms with Crippen LogP contribution in [0.15, 0.2) is 66.3 Å². The number of methoxy groups -OCH3 is 1. The molecule has 0 unspecified atom stereocenters. The molecule has 0 bridgehead atoms. The molecule has 0 aliphatic rings.